The van der Waals surface area contributed by atoms with Gasteiger partial charge >= 0.3 is 0 Å². The highest BCUT2D eigenvalue weighted by Gasteiger charge is 2.08. The number of aryl methyl sites for hydroxylation is 1. The van der Waals surface area contributed by atoms with Crippen LogP contribution in [0.15, 0.2) is 36.7 Å². The van der Waals surface area contributed by atoms with Crippen molar-refractivity contribution in [2.75, 3.05) is 5.32 Å². The lowest BCUT2D eigenvalue weighted by Gasteiger charge is -2.07. The summed E-state index contributed by atoms with van der Waals surface area (Å²) in [4.78, 5) is 15.9. The standard InChI is InChI=1S/C16H15Cl2N3O/c1-10-6-12(9-20-8-10)21-16(22)5-4-15(19)11-2-3-13(17)14(18)7-11/h2-3,6-9,19H,4-5H2,1H3,(H,21,22). The number of nitrogens with one attached hydrogen (secondary N) is 2. The van der Waals surface area contributed by atoms with E-state index in [1.807, 2.05) is 13.0 Å². The number of anilines is 1. The summed E-state index contributed by atoms with van der Waals surface area (Å²) in [5.74, 6) is -0.155. The first-order chi connectivity index (χ1) is 10.5. The van der Waals surface area contributed by atoms with Crippen LogP contribution in [0.1, 0.15) is 24.0 Å². The van der Waals surface area contributed by atoms with Crippen LogP contribution in [-0.2, 0) is 4.79 Å². The molecule has 2 rings (SSSR count). The number of pyridine rings is 1. The molecule has 1 aromatic carbocycles. The molecule has 0 spiro atoms. The average Bonchev–Trinajstić information content (AvgIpc) is 2.47. The zero-order valence-electron chi connectivity index (χ0n) is 12.0. The van der Waals surface area contributed by atoms with E-state index in [0.29, 0.717) is 33.4 Å². The van der Waals surface area contributed by atoms with E-state index in [1.165, 1.54) is 0 Å². The molecule has 0 radical (unpaired) electrons. The minimum atomic E-state index is -0.155. The lowest BCUT2D eigenvalue weighted by atomic mass is 10.1. The molecule has 22 heavy (non-hydrogen) atoms. The zero-order valence-corrected chi connectivity index (χ0v) is 13.5. The number of benzene rings is 1. The molecule has 114 valence electrons. The number of nitrogens with zero attached hydrogens (tertiary/aromatic N) is 1. The Balaban J connectivity index is 1.90. The Kier molecular flexibility index (Phi) is 5.52. The van der Waals surface area contributed by atoms with E-state index in [4.69, 9.17) is 28.6 Å². The molecular weight excluding hydrogens is 321 g/mol. The predicted octanol–water partition coefficient (Wildman–Crippen LogP) is 4.48. The van der Waals surface area contributed by atoms with Crippen LogP contribution in [0.5, 0.6) is 0 Å². The van der Waals surface area contributed by atoms with Gasteiger partial charge in [-0.1, -0.05) is 29.3 Å². The molecule has 1 amide bonds. The summed E-state index contributed by atoms with van der Waals surface area (Å²) in [7, 11) is 0. The number of hydrogen-bond donors (Lipinski definition) is 2. The monoisotopic (exact) mass is 335 g/mol. The number of aromatic nitrogens is 1. The Hall–Kier alpha value is -1.91. The van der Waals surface area contributed by atoms with Crippen LogP contribution in [0.3, 0.4) is 0 Å². The van der Waals surface area contributed by atoms with E-state index < -0.39 is 0 Å². The first-order valence-corrected chi connectivity index (χ1v) is 7.45. The molecule has 2 N–H and O–H groups in total. The van der Waals surface area contributed by atoms with Crippen LogP contribution in [0.2, 0.25) is 10.0 Å². The quantitative estimate of drug-likeness (QED) is 0.791. The lowest BCUT2D eigenvalue weighted by Crippen LogP contribution is -2.13. The van der Waals surface area contributed by atoms with Crippen molar-refractivity contribution in [3.63, 3.8) is 0 Å². The van der Waals surface area contributed by atoms with Crippen molar-refractivity contribution in [2.24, 2.45) is 0 Å². The molecule has 0 bridgehead atoms. The molecule has 1 heterocycles. The molecule has 0 atom stereocenters. The minimum Gasteiger partial charge on any atom is -0.325 e. The molecule has 0 aliphatic carbocycles. The van der Waals surface area contributed by atoms with Crippen molar-refractivity contribution < 1.29 is 4.79 Å². The van der Waals surface area contributed by atoms with Gasteiger partial charge in [-0.15, -0.1) is 0 Å². The second kappa shape index (κ2) is 7.38. The number of rotatable bonds is 5. The van der Waals surface area contributed by atoms with Crippen LogP contribution in [0, 0.1) is 12.3 Å². The maximum absolute atomic E-state index is 11.9. The SMILES string of the molecule is Cc1cncc(NC(=O)CCC(=N)c2ccc(Cl)c(Cl)c2)c1. The van der Waals surface area contributed by atoms with E-state index in [1.54, 1.807) is 30.6 Å². The van der Waals surface area contributed by atoms with E-state index in [9.17, 15) is 4.79 Å². The topological polar surface area (TPSA) is 65.8 Å². The summed E-state index contributed by atoms with van der Waals surface area (Å²) < 4.78 is 0. The fourth-order valence-electron chi connectivity index (χ4n) is 1.91. The van der Waals surface area contributed by atoms with Gasteiger partial charge in [0.25, 0.3) is 0 Å². The second-order valence-corrected chi connectivity index (χ2v) is 5.72. The smallest absolute Gasteiger partial charge is 0.224 e. The molecule has 0 aliphatic heterocycles. The van der Waals surface area contributed by atoms with Gasteiger partial charge in [0.05, 0.1) is 21.9 Å². The Morgan fingerprint density at radius 2 is 1.95 bits per heavy atom. The zero-order chi connectivity index (χ0) is 16.1. The molecule has 1 aromatic heterocycles. The Bertz CT molecular complexity index is 716. The van der Waals surface area contributed by atoms with Crippen molar-refractivity contribution >= 4 is 40.5 Å². The van der Waals surface area contributed by atoms with Crippen LogP contribution in [0.25, 0.3) is 0 Å². The van der Waals surface area contributed by atoms with Gasteiger partial charge in [-0.2, -0.15) is 0 Å². The van der Waals surface area contributed by atoms with Gasteiger partial charge < -0.3 is 10.7 Å². The third-order valence-corrected chi connectivity index (χ3v) is 3.77. The van der Waals surface area contributed by atoms with E-state index >= 15 is 0 Å². The molecule has 0 fully saturated rings. The average molecular weight is 336 g/mol. The number of carbonyl (C=O) groups excluding carboxylic acids is 1. The van der Waals surface area contributed by atoms with Gasteiger partial charge in [-0.3, -0.25) is 9.78 Å². The number of hydrogen-bond acceptors (Lipinski definition) is 3. The first kappa shape index (κ1) is 16.5. The highest BCUT2D eigenvalue weighted by Crippen LogP contribution is 2.23. The summed E-state index contributed by atoms with van der Waals surface area (Å²) in [6.45, 7) is 1.91. The second-order valence-electron chi connectivity index (χ2n) is 4.91. The van der Waals surface area contributed by atoms with Crippen LogP contribution >= 0.6 is 23.2 Å². The number of halogens is 2. The number of amides is 1. The highest BCUT2D eigenvalue weighted by molar-refractivity contribution is 6.42. The fraction of sp³-hybridized carbons (Fsp3) is 0.188. The van der Waals surface area contributed by atoms with Crippen LogP contribution in [0.4, 0.5) is 5.69 Å². The van der Waals surface area contributed by atoms with Crippen molar-refractivity contribution in [3.05, 3.63) is 57.8 Å². The molecular formula is C16H15Cl2N3O. The molecule has 4 nitrogen and oxygen atoms in total. The van der Waals surface area contributed by atoms with Crippen LogP contribution < -0.4 is 5.32 Å². The van der Waals surface area contributed by atoms with E-state index in [2.05, 4.69) is 10.3 Å². The van der Waals surface area contributed by atoms with Crippen molar-refractivity contribution in [2.45, 2.75) is 19.8 Å². The van der Waals surface area contributed by atoms with Gasteiger partial charge in [-0.05, 0) is 42.7 Å². The largest absolute Gasteiger partial charge is 0.325 e. The Morgan fingerprint density at radius 3 is 2.64 bits per heavy atom. The summed E-state index contributed by atoms with van der Waals surface area (Å²) in [6, 6.07) is 6.84. The van der Waals surface area contributed by atoms with E-state index in [0.717, 1.165) is 5.56 Å². The lowest BCUT2D eigenvalue weighted by molar-refractivity contribution is -0.116. The summed E-state index contributed by atoms with van der Waals surface area (Å²) in [5, 5.41) is 11.6. The third kappa shape index (κ3) is 4.55. The fourth-order valence-corrected chi connectivity index (χ4v) is 2.21. The summed E-state index contributed by atoms with van der Waals surface area (Å²) in [5.41, 5.74) is 2.64. The molecule has 0 aliphatic rings. The third-order valence-electron chi connectivity index (χ3n) is 3.03. The Morgan fingerprint density at radius 1 is 1.18 bits per heavy atom. The van der Waals surface area contributed by atoms with Crippen molar-refractivity contribution in [3.8, 4) is 0 Å². The van der Waals surface area contributed by atoms with Crippen molar-refractivity contribution in [1.82, 2.24) is 4.98 Å². The number of carbonyl (C=O) groups is 1. The molecule has 0 unspecified atom stereocenters. The molecule has 0 saturated heterocycles. The van der Waals surface area contributed by atoms with Gasteiger partial charge in [0.2, 0.25) is 5.91 Å². The van der Waals surface area contributed by atoms with E-state index in [-0.39, 0.29) is 12.3 Å². The van der Waals surface area contributed by atoms with Gasteiger partial charge in [-0.25, -0.2) is 0 Å². The van der Waals surface area contributed by atoms with Crippen molar-refractivity contribution in [1.29, 1.82) is 5.41 Å². The summed E-state index contributed by atoms with van der Waals surface area (Å²) >= 11 is 11.8. The maximum Gasteiger partial charge on any atom is 0.224 e. The predicted molar refractivity (Wildman–Crippen MR) is 90.1 cm³/mol. The van der Waals surface area contributed by atoms with Crippen LogP contribution in [-0.4, -0.2) is 16.6 Å². The highest BCUT2D eigenvalue weighted by atomic mass is 35.5. The minimum absolute atomic E-state index is 0.155. The Labute approximate surface area is 139 Å². The van der Waals surface area contributed by atoms with Gasteiger partial charge in [0.15, 0.2) is 0 Å². The van der Waals surface area contributed by atoms with Gasteiger partial charge in [0.1, 0.15) is 0 Å². The molecule has 0 saturated carbocycles. The normalized spacial score (nSPS) is 10.3. The molecule has 2 aromatic rings. The first-order valence-electron chi connectivity index (χ1n) is 6.70. The molecule has 6 heteroatoms. The summed E-state index contributed by atoms with van der Waals surface area (Å²) in [6.07, 6.45) is 3.85. The maximum atomic E-state index is 11.9. The van der Waals surface area contributed by atoms with Gasteiger partial charge in [0, 0.05) is 18.3 Å².